The summed E-state index contributed by atoms with van der Waals surface area (Å²) in [6.45, 7) is 6.10. The summed E-state index contributed by atoms with van der Waals surface area (Å²) in [5.41, 5.74) is 1.32. The van der Waals surface area contributed by atoms with Crippen LogP contribution < -0.4 is 0 Å². The number of rotatable bonds is 0. The maximum absolute atomic E-state index is 3.98. The topological polar surface area (TPSA) is 0 Å². The molecule has 0 nitrogen and oxygen atoms in total. The summed E-state index contributed by atoms with van der Waals surface area (Å²) < 4.78 is 1.34. The highest BCUT2D eigenvalue weighted by Gasteiger charge is 2.01. The summed E-state index contributed by atoms with van der Waals surface area (Å²) in [5, 5.41) is 1.35. The number of fused-ring (bicyclic) bond motifs is 1. The fourth-order valence-electron chi connectivity index (χ4n) is 1.22. The highest BCUT2D eigenvalue weighted by Crippen LogP contribution is 2.29. The van der Waals surface area contributed by atoms with E-state index in [2.05, 4.69) is 38.1 Å². The van der Waals surface area contributed by atoms with E-state index >= 15 is 0 Å². The molecule has 0 atom stereocenters. The van der Waals surface area contributed by atoms with Gasteiger partial charge in [-0.15, -0.1) is 11.3 Å². The van der Waals surface area contributed by atoms with E-state index in [-0.39, 0.29) is 0 Å². The van der Waals surface area contributed by atoms with Gasteiger partial charge in [-0.25, -0.2) is 0 Å². The lowest BCUT2D eigenvalue weighted by atomic mass is 10.2. The lowest BCUT2D eigenvalue weighted by Gasteiger charge is -1.88. The molecule has 0 unspecified atom stereocenters. The van der Waals surface area contributed by atoms with Gasteiger partial charge in [0.05, 0.1) is 0 Å². The minimum atomic E-state index is 1.19. The fraction of sp³-hybridized carbons (Fsp3) is 0.100. The molecule has 0 saturated heterocycles. The molecule has 55 valence electrons. The minimum Gasteiger partial charge on any atom is -0.140 e. The van der Waals surface area contributed by atoms with Crippen molar-refractivity contribution >= 4 is 21.4 Å². The van der Waals surface area contributed by atoms with Crippen LogP contribution >= 0.6 is 11.3 Å². The molecule has 11 heavy (non-hydrogen) atoms. The third kappa shape index (κ3) is 0.962. The number of hydrogen-bond donors (Lipinski definition) is 0. The molecule has 2 aromatic rings. The average molecular weight is 161 g/mol. The van der Waals surface area contributed by atoms with Crippen LogP contribution in [-0.4, -0.2) is 0 Å². The third-order valence-corrected chi connectivity index (χ3v) is 3.07. The smallest absolute Gasteiger partial charge is 0.0348 e. The van der Waals surface area contributed by atoms with Crippen LogP contribution in [0.3, 0.4) is 0 Å². The van der Waals surface area contributed by atoms with Gasteiger partial charge in [0.1, 0.15) is 0 Å². The first-order chi connectivity index (χ1) is 5.29. The van der Waals surface area contributed by atoms with Gasteiger partial charge in [-0.3, -0.25) is 0 Å². The van der Waals surface area contributed by atoms with Crippen molar-refractivity contribution in [1.82, 2.24) is 0 Å². The maximum atomic E-state index is 3.98. The van der Waals surface area contributed by atoms with Gasteiger partial charge in [-0.05, 0) is 30.9 Å². The van der Waals surface area contributed by atoms with Crippen LogP contribution in [0.1, 0.15) is 10.4 Å². The summed E-state index contributed by atoms with van der Waals surface area (Å²) in [7, 11) is 0. The minimum absolute atomic E-state index is 1.19. The second-order valence-electron chi connectivity index (χ2n) is 2.65. The lowest BCUT2D eigenvalue weighted by Crippen LogP contribution is -1.68. The molecular weight excluding hydrogens is 152 g/mol. The molecular formula is C10H9S. The number of thiophene rings is 1. The van der Waals surface area contributed by atoms with Gasteiger partial charge in [0.2, 0.25) is 0 Å². The first-order valence-corrected chi connectivity index (χ1v) is 4.41. The van der Waals surface area contributed by atoms with Gasteiger partial charge in [0.15, 0.2) is 0 Å². The molecule has 0 bridgehead atoms. The van der Waals surface area contributed by atoms with Crippen LogP contribution in [0.4, 0.5) is 0 Å². The monoisotopic (exact) mass is 161 g/mol. The zero-order valence-electron chi connectivity index (χ0n) is 6.42. The zero-order valence-corrected chi connectivity index (χ0v) is 7.24. The van der Waals surface area contributed by atoms with Gasteiger partial charge in [-0.2, -0.15) is 0 Å². The summed E-state index contributed by atoms with van der Waals surface area (Å²) in [6, 6.07) is 8.43. The molecule has 0 fully saturated rings. The molecule has 0 aliphatic heterocycles. The Labute approximate surface area is 70.5 Å². The van der Waals surface area contributed by atoms with Crippen LogP contribution in [-0.2, 0) is 0 Å². The van der Waals surface area contributed by atoms with Gasteiger partial charge < -0.3 is 0 Å². The largest absolute Gasteiger partial charge is 0.140 e. The third-order valence-electron chi connectivity index (χ3n) is 1.94. The Balaban J connectivity index is 2.92. The normalized spacial score (nSPS) is 10.7. The predicted octanol–water partition coefficient (Wildman–Crippen LogP) is 3.39. The van der Waals surface area contributed by atoms with E-state index in [0.717, 1.165) is 0 Å². The van der Waals surface area contributed by atoms with Crippen molar-refractivity contribution in [2.45, 2.75) is 6.92 Å². The van der Waals surface area contributed by atoms with Crippen molar-refractivity contribution in [2.24, 2.45) is 0 Å². The van der Waals surface area contributed by atoms with Crippen LogP contribution in [0, 0.1) is 13.8 Å². The van der Waals surface area contributed by atoms with Crippen molar-refractivity contribution in [2.75, 3.05) is 0 Å². The van der Waals surface area contributed by atoms with E-state index in [1.165, 1.54) is 20.5 Å². The molecule has 0 N–H and O–H groups in total. The number of aryl methyl sites for hydroxylation is 1. The number of benzene rings is 1. The van der Waals surface area contributed by atoms with E-state index in [9.17, 15) is 0 Å². The highest BCUT2D eigenvalue weighted by atomic mass is 32.1. The van der Waals surface area contributed by atoms with Gasteiger partial charge in [0.25, 0.3) is 0 Å². The van der Waals surface area contributed by atoms with E-state index in [4.69, 9.17) is 0 Å². The van der Waals surface area contributed by atoms with E-state index < -0.39 is 0 Å². The van der Waals surface area contributed by atoms with Crippen molar-refractivity contribution in [3.05, 3.63) is 41.6 Å². The Kier molecular flexibility index (Phi) is 1.46. The molecule has 0 spiro atoms. The Morgan fingerprint density at radius 2 is 2.00 bits per heavy atom. The summed E-state index contributed by atoms with van der Waals surface area (Å²) in [4.78, 5) is 1.19. The first-order valence-electron chi connectivity index (χ1n) is 3.59. The zero-order chi connectivity index (χ0) is 7.84. The molecule has 0 aliphatic carbocycles. The van der Waals surface area contributed by atoms with E-state index in [0.29, 0.717) is 0 Å². The van der Waals surface area contributed by atoms with Crippen LogP contribution in [0.2, 0.25) is 0 Å². The fourth-order valence-corrected chi connectivity index (χ4v) is 2.23. The molecule has 2 rings (SSSR count). The van der Waals surface area contributed by atoms with Crippen LogP contribution in [0.5, 0.6) is 0 Å². The van der Waals surface area contributed by atoms with Gasteiger partial charge in [-0.1, -0.05) is 18.2 Å². The summed E-state index contributed by atoms with van der Waals surface area (Å²) in [5.74, 6) is 0. The number of hydrogen-bond acceptors (Lipinski definition) is 1. The molecule has 1 heterocycles. The molecule has 1 radical (unpaired) electrons. The Bertz CT molecular complexity index is 385. The van der Waals surface area contributed by atoms with Gasteiger partial charge in [0, 0.05) is 9.58 Å². The Hall–Kier alpha value is -0.820. The summed E-state index contributed by atoms with van der Waals surface area (Å²) >= 11 is 1.77. The van der Waals surface area contributed by atoms with Gasteiger partial charge >= 0.3 is 0 Å². The quantitative estimate of drug-likeness (QED) is 0.555. The highest BCUT2D eigenvalue weighted by molar-refractivity contribution is 7.19. The van der Waals surface area contributed by atoms with E-state index in [1.54, 1.807) is 11.3 Å². The maximum Gasteiger partial charge on any atom is 0.0348 e. The molecule has 0 amide bonds. The molecule has 0 aliphatic rings. The Morgan fingerprint density at radius 1 is 1.27 bits per heavy atom. The first kappa shape index (κ1) is 6.86. The van der Waals surface area contributed by atoms with Crippen molar-refractivity contribution in [1.29, 1.82) is 0 Å². The second kappa shape index (κ2) is 2.35. The average Bonchev–Trinajstić information content (AvgIpc) is 2.30. The summed E-state index contributed by atoms with van der Waals surface area (Å²) in [6.07, 6.45) is 0. The molecule has 1 aromatic heterocycles. The van der Waals surface area contributed by atoms with Crippen LogP contribution in [0.15, 0.2) is 24.3 Å². The molecule has 0 saturated carbocycles. The van der Waals surface area contributed by atoms with E-state index in [1.807, 2.05) is 0 Å². The Morgan fingerprint density at radius 3 is 2.73 bits per heavy atom. The molecule has 1 aromatic carbocycles. The predicted molar refractivity (Wildman–Crippen MR) is 51.0 cm³/mol. The van der Waals surface area contributed by atoms with Crippen molar-refractivity contribution < 1.29 is 0 Å². The van der Waals surface area contributed by atoms with Crippen molar-refractivity contribution in [3.8, 4) is 0 Å². The lowest BCUT2D eigenvalue weighted by molar-refractivity contribution is 1.55. The molecule has 1 heteroatoms. The van der Waals surface area contributed by atoms with Crippen LogP contribution in [0.25, 0.3) is 10.1 Å². The second-order valence-corrected chi connectivity index (χ2v) is 3.78. The SMILES string of the molecule is [CH2]c1sc2ccccc2c1C. The standard InChI is InChI=1S/C10H9S/c1-7-8(2)11-10-6-4-3-5-9(7)10/h3-6H,2H2,1H3. The van der Waals surface area contributed by atoms with Crippen molar-refractivity contribution in [3.63, 3.8) is 0 Å².